The topological polar surface area (TPSA) is 64.6 Å². The van der Waals surface area contributed by atoms with Gasteiger partial charge in [-0.2, -0.15) is 0 Å². The molecule has 1 aliphatic rings. The maximum absolute atomic E-state index is 12.7. The Balaban J connectivity index is 2.47. The largest absolute Gasteiger partial charge is 0.463 e. The molecule has 0 amide bonds. The van der Waals surface area contributed by atoms with Gasteiger partial charge in [0.1, 0.15) is 0 Å². The molecule has 1 aromatic carbocycles. The molecule has 0 saturated carbocycles. The first-order valence-corrected chi connectivity index (χ1v) is 10.2. The number of benzene rings is 1. The van der Waals surface area contributed by atoms with Gasteiger partial charge in [-0.3, -0.25) is 0 Å². The number of allylic oxidation sites excluding steroid dienone is 2. The van der Waals surface area contributed by atoms with E-state index in [0.29, 0.717) is 29.0 Å². The smallest absolute Gasteiger partial charge is 0.336 e. The van der Waals surface area contributed by atoms with Crippen LogP contribution in [0.4, 0.5) is 0 Å². The molecule has 29 heavy (non-hydrogen) atoms. The lowest BCUT2D eigenvalue weighted by atomic mass is 9.80. The Labute approximate surface area is 174 Å². The molecular weight excluding hydrogens is 366 g/mol. The molecule has 1 heterocycles. The quantitative estimate of drug-likeness (QED) is 0.718. The molecule has 0 aromatic heterocycles. The van der Waals surface area contributed by atoms with Crippen LogP contribution in [-0.2, 0) is 30.9 Å². The zero-order valence-electron chi connectivity index (χ0n) is 18.6. The normalized spacial score (nSPS) is 15.3. The van der Waals surface area contributed by atoms with Gasteiger partial charge >= 0.3 is 11.9 Å². The zero-order chi connectivity index (χ0) is 21.8. The first-order valence-electron chi connectivity index (χ1n) is 10.2. The van der Waals surface area contributed by atoms with Crippen molar-refractivity contribution in [2.45, 2.75) is 60.3 Å². The summed E-state index contributed by atoms with van der Waals surface area (Å²) in [5.41, 5.74) is 4.75. The van der Waals surface area contributed by atoms with E-state index in [9.17, 15) is 9.59 Å². The van der Waals surface area contributed by atoms with Crippen molar-refractivity contribution in [1.29, 1.82) is 0 Å². The van der Waals surface area contributed by atoms with Crippen LogP contribution >= 0.6 is 0 Å². The fraction of sp³-hybridized carbons (Fsp3) is 0.500. The van der Waals surface area contributed by atoms with Gasteiger partial charge in [0.15, 0.2) is 0 Å². The molecule has 2 rings (SSSR count). The highest BCUT2D eigenvalue weighted by molar-refractivity contribution is 5.97. The van der Waals surface area contributed by atoms with Crippen LogP contribution in [0.25, 0.3) is 0 Å². The number of ether oxygens (including phenoxy) is 2. The molecule has 5 heteroatoms. The van der Waals surface area contributed by atoms with Gasteiger partial charge in [0.05, 0.1) is 24.4 Å². The summed E-state index contributed by atoms with van der Waals surface area (Å²) in [5, 5.41) is 3.16. The summed E-state index contributed by atoms with van der Waals surface area (Å²) in [4.78, 5) is 25.5. The van der Waals surface area contributed by atoms with Crippen molar-refractivity contribution in [3.8, 4) is 0 Å². The van der Waals surface area contributed by atoms with E-state index in [1.54, 1.807) is 13.8 Å². The number of esters is 2. The highest BCUT2D eigenvalue weighted by atomic mass is 16.5. The second-order valence-electron chi connectivity index (χ2n) is 8.35. The Hall–Kier alpha value is -2.56. The molecule has 5 nitrogen and oxygen atoms in total. The predicted octanol–water partition coefficient (Wildman–Crippen LogP) is 4.42. The molecule has 0 atom stereocenters. The van der Waals surface area contributed by atoms with E-state index < -0.39 is 17.9 Å². The number of nitrogens with one attached hydrogen (secondary N) is 1. The third-order valence-corrected chi connectivity index (χ3v) is 5.13. The van der Waals surface area contributed by atoms with Gasteiger partial charge in [-0.15, -0.1) is 0 Å². The van der Waals surface area contributed by atoms with Gasteiger partial charge in [0, 0.05) is 17.3 Å². The first-order chi connectivity index (χ1) is 13.6. The van der Waals surface area contributed by atoms with Crippen LogP contribution in [-0.4, -0.2) is 25.2 Å². The van der Waals surface area contributed by atoms with E-state index >= 15 is 0 Å². The lowest BCUT2D eigenvalue weighted by Gasteiger charge is -2.30. The van der Waals surface area contributed by atoms with Crippen molar-refractivity contribution in [1.82, 2.24) is 5.32 Å². The van der Waals surface area contributed by atoms with Crippen LogP contribution < -0.4 is 5.32 Å². The fourth-order valence-electron chi connectivity index (χ4n) is 3.67. The Kier molecular flexibility index (Phi) is 7.28. The molecule has 0 spiro atoms. The van der Waals surface area contributed by atoms with E-state index in [2.05, 4.69) is 50.4 Å². The van der Waals surface area contributed by atoms with Crippen LogP contribution in [0.2, 0.25) is 0 Å². The third kappa shape index (κ3) is 5.28. The van der Waals surface area contributed by atoms with Crippen molar-refractivity contribution >= 4 is 11.9 Å². The van der Waals surface area contributed by atoms with E-state index in [4.69, 9.17) is 9.47 Å². The Morgan fingerprint density at radius 3 is 1.72 bits per heavy atom. The molecule has 0 radical (unpaired) electrons. The number of dihydropyridines is 1. The van der Waals surface area contributed by atoms with Crippen molar-refractivity contribution in [2.24, 2.45) is 5.92 Å². The predicted molar refractivity (Wildman–Crippen MR) is 114 cm³/mol. The van der Waals surface area contributed by atoms with Crippen LogP contribution in [0.3, 0.4) is 0 Å². The van der Waals surface area contributed by atoms with Crippen LogP contribution in [0.1, 0.15) is 59.6 Å². The molecule has 1 N–H and O–H groups in total. The summed E-state index contributed by atoms with van der Waals surface area (Å²) in [5.74, 6) is -1.22. The van der Waals surface area contributed by atoms with Gasteiger partial charge in [-0.05, 0) is 50.7 Å². The monoisotopic (exact) mass is 399 g/mol. The van der Waals surface area contributed by atoms with Crippen molar-refractivity contribution in [3.05, 3.63) is 57.9 Å². The standard InChI is InChI=1S/C24H33NO4/c1-8-28-22(26)20-15(3)25-16(4)21(23(27)29-9-2)19(20)14-17-10-12-18(13-11-17)24(5,6)7/h10-13,19,25H,8-9,14H2,1-7H3. The Morgan fingerprint density at radius 2 is 1.34 bits per heavy atom. The van der Waals surface area contributed by atoms with E-state index in [1.165, 1.54) is 5.56 Å². The average Bonchev–Trinajstić information content (AvgIpc) is 2.61. The number of hydrogen-bond acceptors (Lipinski definition) is 5. The molecular formula is C24H33NO4. The van der Waals surface area contributed by atoms with Crippen LogP contribution in [0.15, 0.2) is 46.8 Å². The minimum absolute atomic E-state index is 0.0620. The SMILES string of the molecule is CCOC(=O)C1=C(C)NC(C)=C(C(=O)OCC)C1Cc1ccc(C(C)(C)C)cc1. The third-order valence-electron chi connectivity index (χ3n) is 5.13. The summed E-state index contributed by atoms with van der Waals surface area (Å²) in [6.07, 6.45) is 0.517. The van der Waals surface area contributed by atoms with Crippen molar-refractivity contribution in [3.63, 3.8) is 0 Å². The number of rotatable bonds is 6. The maximum Gasteiger partial charge on any atom is 0.336 e. The zero-order valence-corrected chi connectivity index (χ0v) is 18.6. The van der Waals surface area contributed by atoms with Crippen molar-refractivity contribution in [2.75, 3.05) is 13.2 Å². The molecule has 0 unspecified atom stereocenters. The summed E-state index contributed by atoms with van der Waals surface area (Å²) < 4.78 is 10.6. The highest BCUT2D eigenvalue weighted by Gasteiger charge is 2.36. The van der Waals surface area contributed by atoms with Crippen LogP contribution in [0, 0.1) is 5.92 Å². The second kappa shape index (κ2) is 9.29. The van der Waals surface area contributed by atoms with Gasteiger partial charge in [0.25, 0.3) is 0 Å². The lowest BCUT2D eigenvalue weighted by Crippen LogP contribution is -2.34. The average molecular weight is 400 g/mol. The second-order valence-corrected chi connectivity index (χ2v) is 8.35. The summed E-state index contributed by atoms with van der Waals surface area (Å²) in [6, 6.07) is 8.35. The number of carbonyl (C=O) groups is 2. The first kappa shape index (κ1) is 22.7. The number of carbonyl (C=O) groups excluding carboxylic acids is 2. The van der Waals surface area contributed by atoms with Gasteiger partial charge < -0.3 is 14.8 Å². The van der Waals surface area contributed by atoms with E-state index in [0.717, 1.165) is 5.56 Å². The lowest BCUT2D eigenvalue weighted by molar-refractivity contribution is -0.140. The maximum atomic E-state index is 12.7. The summed E-state index contributed by atoms with van der Waals surface area (Å²) in [6.45, 7) is 14.3. The summed E-state index contributed by atoms with van der Waals surface area (Å²) >= 11 is 0. The fourth-order valence-corrected chi connectivity index (χ4v) is 3.67. The number of hydrogen-bond donors (Lipinski definition) is 1. The molecule has 0 saturated heterocycles. The minimum atomic E-state index is -0.421. The highest BCUT2D eigenvalue weighted by Crippen LogP contribution is 2.34. The Bertz CT molecular complexity index is 785. The van der Waals surface area contributed by atoms with Gasteiger partial charge in [0.2, 0.25) is 0 Å². The Morgan fingerprint density at radius 1 is 0.897 bits per heavy atom. The molecule has 1 aliphatic heterocycles. The van der Waals surface area contributed by atoms with E-state index in [1.807, 2.05) is 13.8 Å². The van der Waals surface area contributed by atoms with Gasteiger partial charge in [-0.1, -0.05) is 45.0 Å². The minimum Gasteiger partial charge on any atom is -0.463 e. The van der Waals surface area contributed by atoms with Crippen molar-refractivity contribution < 1.29 is 19.1 Å². The van der Waals surface area contributed by atoms with E-state index in [-0.39, 0.29) is 18.6 Å². The summed E-state index contributed by atoms with van der Waals surface area (Å²) in [7, 11) is 0. The van der Waals surface area contributed by atoms with Gasteiger partial charge in [-0.25, -0.2) is 9.59 Å². The molecule has 0 bridgehead atoms. The molecule has 0 fully saturated rings. The van der Waals surface area contributed by atoms with Crippen LogP contribution in [0.5, 0.6) is 0 Å². The molecule has 1 aromatic rings. The molecule has 0 aliphatic carbocycles. The molecule has 158 valence electrons.